The van der Waals surface area contributed by atoms with Crippen LogP contribution in [-0.2, 0) is 0 Å². The SMILES string of the molecule is Cc1nc2cccc3c2n1-c1ccc(-c2c4ccccc4c(-c4cccc5ccccc45)c4ccccc24)cc1O3. The summed E-state index contributed by atoms with van der Waals surface area (Å²) >= 11 is 0. The van der Waals surface area contributed by atoms with Gasteiger partial charge in [0.15, 0.2) is 11.5 Å². The Kier molecular flexibility index (Phi) is 4.53. The van der Waals surface area contributed by atoms with Gasteiger partial charge in [-0.3, -0.25) is 4.57 Å². The van der Waals surface area contributed by atoms with Crippen molar-refractivity contribution in [2.45, 2.75) is 6.92 Å². The monoisotopic (exact) mass is 524 g/mol. The third kappa shape index (κ3) is 3.12. The highest BCUT2D eigenvalue weighted by Crippen LogP contribution is 2.48. The van der Waals surface area contributed by atoms with Crippen molar-refractivity contribution in [1.29, 1.82) is 0 Å². The molecule has 1 aromatic heterocycles. The van der Waals surface area contributed by atoms with Gasteiger partial charge in [0.05, 0.1) is 11.2 Å². The number of hydrogen-bond acceptors (Lipinski definition) is 2. The molecule has 0 saturated carbocycles. The number of para-hydroxylation sites is 1. The fraction of sp³-hybridized carbons (Fsp3) is 0.0263. The molecule has 192 valence electrons. The van der Waals surface area contributed by atoms with Gasteiger partial charge in [-0.25, -0.2) is 4.98 Å². The number of fused-ring (bicyclic) bond motifs is 5. The molecule has 3 nitrogen and oxygen atoms in total. The Morgan fingerprint density at radius 1 is 0.561 bits per heavy atom. The van der Waals surface area contributed by atoms with E-state index in [0.717, 1.165) is 39.6 Å². The first-order valence-electron chi connectivity index (χ1n) is 14.0. The number of nitrogens with zero attached hydrogens (tertiary/aromatic N) is 2. The Balaban J connectivity index is 1.35. The highest BCUT2D eigenvalue weighted by atomic mass is 16.5. The lowest BCUT2D eigenvalue weighted by atomic mass is 9.84. The van der Waals surface area contributed by atoms with Crippen molar-refractivity contribution in [1.82, 2.24) is 9.55 Å². The molecule has 41 heavy (non-hydrogen) atoms. The summed E-state index contributed by atoms with van der Waals surface area (Å²) in [5, 5.41) is 7.46. The maximum Gasteiger partial charge on any atom is 0.153 e. The third-order valence-electron chi connectivity index (χ3n) is 8.51. The van der Waals surface area contributed by atoms with Crippen molar-refractivity contribution in [3.63, 3.8) is 0 Å². The Labute approximate surface area is 236 Å². The van der Waals surface area contributed by atoms with E-state index in [4.69, 9.17) is 9.72 Å². The van der Waals surface area contributed by atoms with Crippen LogP contribution in [0.15, 0.2) is 127 Å². The van der Waals surface area contributed by atoms with Crippen LogP contribution >= 0.6 is 0 Å². The number of imidazole rings is 1. The van der Waals surface area contributed by atoms with E-state index < -0.39 is 0 Å². The summed E-state index contributed by atoms with van der Waals surface area (Å²) in [5.41, 5.74) is 7.89. The Morgan fingerprint density at radius 2 is 1.20 bits per heavy atom. The van der Waals surface area contributed by atoms with E-state index in [1.165, 1.54) is 49.0 Å². The quantitative estimate of drug-likeness (QED) is 0.210. The van der Waals surface area contributed by atoms with Gasteiger partial charge in [-0.05, 0) is 85.8 Å². The molecule has 8 aromatic rings. The van der Waals surface area contributed by atoms with Crippen LogP contribution in [0.3, 0.4) is 0 Å². The second kappa shape index (κ2) is 8.30. The molecule has 0 saturated heterocycles. The second-order valence-electron chi connectivity index (χ2n) is 10.8. The highest BCUT2D eigenvalue weighted by molar-refractivity contribution is 6.23. The van der Waals surface area contributed by atoms with Crippen LogP contribution in [0.25, 0.3) is 71.3 Å². The summed E-state index contributed by atoms with van der Waals surface area (Å²) in [4.78, 5) is 4.79. The first-order valence-corrected chi connectivity index (χ1v) is 14.0. The average molecular weight is 525 g/mol. The molecule has 0 N–H and O–H groups in total. The molecule has 0 spiro atoms. The summed E-state index contributed by atoms with van der Waals surface area (Å²) in [7, 11) is 0. The van der Waals surface area contributed by atoms with Crippen molar-refractivity contribution >= 4 is 43.4 Å². The largest absolute Gasteiger partial charge is 0.453 e. The van der Waals surface area contributed by atoms with E-state index >= 15 is 0 Å². The molecule has 0 atom stereocenters. The van der Waals surface area contributed by atoms with Crippen LogP contribution in [0.4, 0.5) is 0 Å². The van der Waals surface area contributed by atoms with Gasteiger partial charge in [-0.1, -0.05) is 103 Å². The summed E-state index contributed by atoms with van der Waals surface area (Å²) in [6, 6.07) is 45.6. The minimum absolute atomic E-state index is 0.841. The van der Waals surface area contributed by atoms with Gasteiger partial charge >= 0.3 is 0 Å². The topological polar surface area (TPSA) is 27.1 Å². The first kappa shape index (κ1) is 22.4. The third-order valence-corrected chi connectivity index (χ3v) is 8.51. The molecule has 3 heteroatoms. The van der Waals surface area contributed by atoms with Gasteiger partial charge in [0.2, 0.25) is 0 Å². The van der Waals surface area contributed by atoms with Crippen molar-refractivity contribution < 1.29 is 4.74 Å². The zero-order valence-electron chi connectivity index (χ0n) is 22.4. The van der Waals surface area contributed by atoms with Crippen LogP contribution in [0.5, 0.6) is 11.5 Å². The van der Waals surface area contributed by atoms with E-state index in [2.05, 4.69) is 121 Å². The average Bonchev–Trinajstić information content (AvgIpc) is 3.36. The molecule has 0 aliphatic carbocycles. The fourth-order valence-corrected chi connectivity index (χ4v) is 6.82. The molecule has 0 unspecified atom stereocenters. The molecule has 0 fully saturated rings. The van der Waals surface area contributed by atoms with Gasteiger partial charge in [0, 0.05) is 0 Å². The van der Waals surface area contributed by atoms with E-state index in [9.17, 15) is 0 Å². The molecule has 0 bridgehead atoms. The van der Waals surface area contributed by atoms with E-state index in [-0.39, 0.29) is 0 Å². The molecule has 7 aromatic carbocycles. The highest BCUT2D eigenvalue weighted by Gasteiger charge is 2.24. The Hall–Kier alpha value is -5.41. The zero-order chi connectivity index (χ0) is 27.1. The van der Waals surface area contributed by atoms with Crippen molar-refractivity contribution in [2.24, 2.45) is 0 Å². The maximum absolute atomic E-state index is 6.53. The molecule has 0 radical (unpaired) electrons. The minimum Gasteiger partial charge on any atom is -0.453 e. The minimum atomic E-state index is 0.841. The van der Waals surface area contributed by atoms with Crippen molar-refractivity contribution in [2.75, 3.05) is 0 Å². The van der Waals surface area contributed by atoms with Crippen molar-refractivity contribution in [3.8, 4) is 39.4 Å². The number of aryl methyl sites for hydroxylation is 1. The molecular formula is C38H24N2O. The summed E-state index contributed by atoms with van der Waals surface area (Å²) < 4.78 is 8.74. The summed E-state index contributed by atoms with van der Waals surface area (Å²) in [5.74, 6) is 2.64. The van der Waals surface area contributed by atoms with Gasteiger partial charge in [0.1, 0.15) is 11.3 Å². The predicted molar refractivity (Wildman–Crippen MR) is 169 cm³/mol. The van der Waals surface area contributed by atoms with Crippen LogP contribution in [0.1, 0.15) is 5.82 Å². The number of benzene rings is 7. The molecule has 0 amide bonds. The standard InChI is InChI=1S/C38H24N2O/c1-23-39-32-18-9-19-34-38(32)40(23)33-21-20-25(22-35(33)41-34)36-28-13-4-6-15-30(28)37(31-16-7-5-14-29(31)36)27-17-8-11-24-10-2-3-12-26(24)27/h2-22H,1H3. The summed E-state index contributed by atoms with van der Waals surface area (Å²) in [6.07, 6.45) is 0. The molecular weight excluding hydrogens is 500 g/mol. The normalized spacial score (nSPS) is 12.2. The molecule has 9 rings (SSSR count). The molecule has 1 aliphatic heterocycles. The fourth-order valence-electron chi connectivity index (χ4n) is 6.82. The summed E-state index contributed by atoms with van der Waals surface area (Å²) in [6.45, 7) is 2.06. The van der Waals surface area contributed by atoms with E-state index in [1.54, 1.807) is 0 Å². The van der Waals surface area contributed by atoms with Crippen molar-refractivity contribution in [3.05, 3.63) is 133 Å². The van der Waals surface area contributed by atoms with Crippen LogP contribution in [0, 0.1) is 6.92 Å². The van der Waals surface area contributed by atoms with Crippen LogP contribution < -0.4 is 4.74 Å². The lowest BCUT2D eigenvalue weighted by Crippen LogP contribution is -2.05. The Bertz CT molecular complexity index is 2300. The van der Waals surface area contributed by atoms with Gasteiger partial charge in [0.25, 0.3) is 0 Å². The van der Waals surface area contributed by atoms with Gasteiger partial charge < -0.3 is 4.74 Å². The number of aromatic nitrogens is 2. The van der Waals surface area contributed by atoms with Gasteiger partial charge in [-0.15, -0.1) is 0 Å². The van der Waals surface area contributed by atoms with Gasteiger partial charge in [-0.2, -0.15) is 0 Å². The lowest BCUT2D eigenvalue weighted by molar-refractivity contribution is 0.475. The number of ether oxygens (including phenoxy) is 1. The smallest absolute Gasteiger partial charge is 0.153 e. The predicted octanol–water partition coefficient (Wildman–Crippen LogP) is 10.2. The maximum atomic E-state index is 6.53. The number of rotatable bonds is 2. The first-order chi connectivity index (χ1) is 20.3. The van der Waals surface area contributed by atoms with Crippen LogP contribution in [0.2, 0.25) is 0 Å². The van der Waals surface area contributed by atoms with E-state index in [1.807, 2.05) is 18.2 Å². The number of hydrogen-bond donors (Lipinski definition) is 0. The lowest BCUT2D eigenvalue weighted by Gasteiger charge is -2.22. The van der Waals surface area contributed by atoms with E-state index in [0.29, 0.717) is 0 Å². The zero-order valence-corrected chi connectivity index (χ0v) is 22.4. The Morgan fingerprint density at radius 3 is 1.95 bits per heavy atom. The second-order valence-corrected chi connectivity index (χ2v) is 10.8. The molecule has 2 heterocycles. The molecule has 1 aliphatic rings. The van der Waals surface area contributed by atoms with Crippen LogP contribution in [-0.4, -0.2) is 9.55 Å².